The molecule has 4 heterocycles. The van der Waals surface area contributed by atoms with Gasteiger partial charge in [0.1, 0.15) is 9.71 Å². The van der Waals surface area contributed by atoms with Crippen LogP contribution in [0.1, 0.15) is 40.8 Å². The van der Waals surface area contributed by atoms with Crippen molar-refractivity contribution in [2.75, 3.05) is 19.7 Å². The number of carbonyl (C=O) groups excluding carboxylic acids is 1. The Kier molecular flexibility index (Phi) is 5.87. The molecule has 164 valence electrons. The average molecular weight is 447 g/mol. The molecule has 4 aromatic rings. The van der Waals surface area contributed by atoms with E-state index in [1.165, 1.54) is 16.9 Å². The molecule has 1 aliphatic rings. The lowest BCUT2D eigenvalue weighted by Crippen LogP contribution is -2.38. The predicted octanol–water partition coefficient (Wildman–Crippen LogP) is 4.56. The van der Waals surface area contributed by atoms with E-state index < -0.39 is 0 Å². The van der Waals surface area contributed by atoms with Crippen molar-refractivity contribution in [3.05, 3.63) is 70.9 Å². The van der Waals surface area contributed by atoms with Crippen molar-refractivity contribution in [1.82, 2.24) is 20.2 Å². The summed E-state index contributed by atoms with van der Waals surface area (Å²) >= 11 is 1.45. The van der Waals surface area contributed by atoms with E-state index in [0.717, 1.165) is 46.3 Å². The van der Waals surface area contributed by atoms with E-state index in [0.29, 0.717) is 11.5 Å². The van der Waals surface area contributed by atoms with Gasteiger partial charge in [-0.05, 0) is 43.7 Å². The number of ether oxygens (including phenoxy) is 1. The lowest BCUT2D eigenvalue weighted by Gasteiger charge is -2.33. The highest BCUT2D eigenvalue weighted by atomic mass is 32.1. The number of benzene rings is 1. The highest BCUT2D eigenvalue weighted by Gasteiger charge is 2.30. The molecule has 1 saturated heterocycles. The zero-order chi connectivity index (χ0) is 22.1. The Morgan fingerprint density at radius 3 is 2.94 bits per heavy atom. The van der Waals surface area contributed by atoms with Crippen molar-refractivity contribution in [2.45, 2.75) is 32.5 Å². The first-order valence-electron chi connectivity index (χ1n) is 10.9. The summed E-state index contributed by atoms with van der Waals surface area (Å²) in [6.45, 7) is 6.99. The van der Waals surface area contributed by atoms with Gasteiger partial charge in [-0.25, -0.2) is 4.98 Å². The number of hydrogen-bond donors (Lipinski definition) is 1. The molecule has 1 N–H and O–H groups in total. The maximum Gasteiger partial charge on any atom is 0.262 e. The molecule has 0 aliphatic carbocycles. The number of aromatic nitrogens is 2. The van der Waals surface area contributed by atoms with Gasteiger partial charge in [-0.2, -0.15) is 0 Å². The minimum absolute atomic E-state index is 0.0549. The van der Waals surface area contributed by atoms with Crippen LogP contribution in [-0.2, 0) is 11.3 Å². The third-order valence-corrected chi connectivity index (χ3v) is 6.80. The number of nitrogens with one attached hydrogen (secondary N) is 1. The minimum Gasteiger partial charge on any atom is -0.371 e. The van der Waals surface area contributed by atoms with Crippen molar-refractivity contribution in [2.24, 2.45) is 0 Å². The van der Waals surface area contributed by atoms with Gasteiger partial charge in [-0.3, -0.25) is 14.7 Å². The SMILES string of the molecule is CC(C)NC(=O)c1sc2ncccc2c1C1CN(Cc2ccc3ncccc3c2)CCO1. The van der Waals surface area contributed by atoms with E-state index in [1.54, 1.807) is 6.20 Å². The molecule has 1 aliphatic heterocycles. The van der Waals surface area contributed by atoms with E-state index in [2.05, 4.69) is 44.5 Å². The van der Waals surface area contributed by atoms with Gasteiger partial charge >= 0.3 is 0 Å². The smallest absolute Gasteiger partial charge is 0.262 e. The molecular weight excluding hydrogens is 420 g/mol. The molecule has 1 fully saturated rings. The lowest BCUT2D eigenvalue weighted by atomic mass is 10.0. The summed E-state index contributed by atoms with van der Waals surface area (Å²) in [7, 11) is 0. The molecule has 32 heavy (non-hydrogen) atoms. The molecule has 1 amide bonds. The Morgan fingerprint density at radius 2 is 2.06 bits per heavy atom. The Hall–Kier alpha value is -2.87. The second kappa shape index (κ2) is 8.94. The average Bonchev–Trinajstić information content (AvgIpc) is 3.19. The summed E-state index contributed by atoms with van der Waals surface area (Å²) in [5.74, 6) is -0.0549. The molecular formula is C25H26N4O2S. The number of amides is 1. The second-order valence-corrected chi connectivity index (χ2v) is 9.45. The Balaban J connectivity index is 1.42. The fourth-order valence-corrected chi connectivity index (χ4v) is 5.37. The third-order valence-electron chi connectivity index (χ3n) is 5.68. The Labute approximate surface area is 191 Å². The Bertz CT molecular complexity index is 1270. The molecule has 5 rings (SSSR count). The number of nitrogens with zero attached hydrogens (tertiary/aromatic N) is 3. The molecule has 0 bridgehead atoms. The van der Waals surface area contributed by atoms with Crippen LogP contribution < -0.4 is 5.32 Å². The number of morpholine rings is 1. The lowest BCUT2D eigenvalue weighted by molar-refractivity contribution is -0.0323. The van der Waals surface area contributed by atoms with Crippen LogP contribution in [-0.4, -0.2) is 46.5 Å². The van der Waals surface area contributed by atoms with E-state index in [1.807, 2.05) is 38.2 Å². The maximum atomic E-state index is 13.0. The monoisotopic (exact) mass is 446 g/mol. The Morgan fingerprint density at radius 1 is 1.22 bits per heavy atom. The first kappa shape index (κ1) is 21.0. The number of pyridine rings is 2. The van der Waals surface area contributed by atoms with Gasteiger partial charge in [0.2, 0.25) is 0 Å². The van der Waals surface area contributed by atoms with Crippen molar-refractivity contribution in [3.8, 4) is 0 Å². The van der Waals surface area contributed by atoms with Crippen LogP contribution in [0, 0.1) is 0 Å². The zero-order valence-electron chi connectivity index (χ0n) is 18.2. The van der Waals surface area contributed by atoms with E-state index >= 15 is 0 Å². The molecule has 0 spiro atoms. The summed E-state index contributed by atoms with van der Waals surface area (Å²) in [5, 5.41) is 5.20. The molecule has 1 aromatic carbocycles. The summed E-state index contributed by atoms with van der Waals surface area (Å²) in [6.07, 6.45) is 3.42. The number of rotatable bonds is 5. The zero-order valence-corrected chi connectivity index (χ0v) is 19.1. The van der Waals surface area contributed by atoms with Crippen LogP contribution in [0.5, 0.6) is 0 Å². The van der Waals surface area contributed by atoms with Crippen LogP contribution in [0.15, 0.2) is 54.9 Å². The van der Waals surface area contributed by atoms with Crippen molar-refractivity contribution in [3.63, 3.8) is 0 Å². The summed E-state index contributed by atoms with van der Waals surface area (Å²) < 4.78 is 6.21. The van der Waals surface area contributed by atoms with Gasteiger partial charge < -0.3 is 10.1 Å². The standard InChI is InChI=1S/C25H26N4O2S/c1-16(2)28-24(30)23-22(19-6-4-10-27-25(19)32-23)21-15-29(11-12-31-21)14-17-7-8-20-18(13-17)5-3-9-26-20/h3-10,13,16,21H,11-12,14-15H2,1-2H3,(H,28,30). The normalized spacial score (nSPS) is 17.3. The molecule has 3 aromatic heterocycles. The highest BCUT2D eigenvalue weighted by molar-refractivity contribution is 7.20. The van der Waals surface area contributed by atoms with Crippen LogP contribution in [0.2, 0.25) is 0 Å². The maximum absolute atomic E-state index is 13.0. The fourth-order valence-electron chi connectivity index (χ4n) is 4.27. The number of fused-ring (bicyclic) bond motifs is 2. The van der Waals surface area contributed by atoms with Crippen molar-refractivity contribution < 1.29 is 9.53 Å². The molecule has 6 nitrogen and oxygen atoms in total. The van der Waals surface area contributed by atoms with E-state index in [-0.39, 0.29) is 18.1 Å². The second-order valence-electron chi connectivity index (χ2n) is 8.45. The summed E-state index contributed by atoms with van der Waals surface area (Å²) in [5.41, 5.74) is 3.22. The van der Waals surface area contributed by atoms with Gasteiger partial charge in [0.05, 0.1) is 18.2 Å². The van der Waals surface area contributed by atoms with Crippen LogP contribution in [0.4, 0.5) is 0 Å². The molecule has 1 atom stereocenters. The molecule has 0 saturated carbocycles. The topological polar surface area (TPSA) is 67.4 Å². The minimum atomic E-state index is -0.170. The molecule has 0 radical (unpaired) electrons. The fraction of sp³-hybridized carbons (Fsp3) is 0.320. The van der Waals surface area contributed by atoms with Crippen LogP contribution in [0.25, 0.3) is 21.1 Å². The predicted molar refractivity (Wildman–Crippen MR) is 128 cm³/mol. The van der Waals surface area contributed by atoms with Crippen molar-refractivity contribution in [1.29, 1.82) is 0 Å². The number of hydrogen-bond acceptors (Lipinski definition) is 6. The van der Waals surface area contributed by atoms with Gasteiger partial charge in [-0.1, -0.05) is 18.2 Å². The molecule has 1 unspecified atom stereocenters. The third kappa shape index (κ3) is 4.24. The quantitative estimate of drug-likeness (QED) is 0.487. The van der Waals surface area contributed by atoms with Gasteiger partial charge in [0, 0.05) is 54.4 Å². The number of thiophene rings is 1. The largest absolute Gasteiger partial charge is 0.371 e. The van der Waals surface area contributed by atoms with Gasteiger partial charge in [0.25, 0.3) is 5.91 Å². The van der Waals surface area contributed by atoms with Crippen LogP contribution >= 0.6 is 11.3 Å². The highest BCUT2D eigenvalue weighted by Crippen LogP contribution is 2.37. The van der Waals surface area contributed by atoms with Crippen molar-refractivity contribution >= 4 is 38.4 Å². The summed E-state index contributed by atoms with van der Waals surface area (Å²) in [4.78, 5) is 25.9. The first-order valence-corrected chi connectivity index (χ1v) is 11.8. The number of carbonyl (C=O) groups is 1. The van der Waals surface area contributed by atoms with Gasteiger partial charge in [-0.15, -0.1) is 11.3 Å². The first-order chi connectivity index (χ1) is 15.6. The van der Waals surface area contributed by atoms with E-state index in [9.17, 15) is 4.79 Å². The van der Waals surface area contributed by atoms with Gasteiger partial charge in [0.15, 0.2) is 0 Å². The summed E-state index contributed by atoms with van der Waals surface area (Å²) in [6, 6.07) is 14.5. The molecule has 7 heteroatoms. The van der Waals surface area contributed by atoms with Crippen LogP contribution in [0.3, 0.4) is 0 Å². The van der Waals surface area contributed by atoms with E-state index in [4.69, 9.17) is 4.74 Å².